The summed E-state index contributed by atoms with van der Waals surface area (Å²) in [6.07, 6.45) is 3.16. The van der Waals surface area contributed by atoms with Gasteiger partial charge in [-0.15, -0.1) is 0 Å². The van der Waals surface area contributed by atoms with E-state index >= 15 is 0 Å². The van der Waals surface area contributed by atoms with Gasteiger partial charge in [0.15, 0.2) is 5.12 Å². The summed E-state index contributed by atoms with van der Waals surface area (Å²) in [6.45, 7) is 2.84. The molecular weight excluding hydrogens is 188 g/mol. The molecule has 0 unspecified atom stereocenters. The Balaban J connectivity index is 2.87. The fraction of sp³-hybridized carbons (Fsp3) is 0.889. The van der Waals surface area contributed by atoms with Crippen molar-refractivity contribution in [2.24, 2.45) is 0 Å². The molecule has 0 aromatic rings. The molecule has 0 radical (unpaired) electrons. The lowest BCUT2D eigenvalue weighted by molar-refractivity contribution is -0.109. The van der Waals surface area contributed by atoms with Crippen LogP contribution in [-0.2, 0) is 9.53 Å². The van der Waals surface area contributed by atoms with Crippen molar-refractivity contribution >= 4 is 16.9 Å². The van der Waals surface area contributed by atoms with Gasteiger partial charge >= 0.3 is 0 Å². The monoisotopic (exact) mass is 206 g/mol. The number of ether oxygens (including phenoxy) is 1. The summed E-state index contributed by atoms with van der Waals surface area (Å²) in [6, 6.07) is 0. The molecule has 0 aliphatic heterocycles. The second-order valence-electron chi connectivity index (χ2n) is 2.74. The Bertz CT molecular complexity index is 128. The molecule has 13 heavy (non-hydrogen) atoms. The third kappa shape index (κ3) is 11.9. The Kier molecular flexibility index (Phi) is 9.98. The van der Waals surface area contributed by atoms with E-state index in [1.54, 1.807) is 6.92 Å². The minimum Gasteiger partial charge on any atom is -0.394 e. The molecule has 78 valence electrons. The number of hydrogen-bond donors (Lipinski definition) is 1. The molecule has 0 spiro atoms. The van der Waals surface area contributed by atoms with Gasteiger partial charge in [-0.05, 0) is 12.8 Å². The maximum atomic E-state index is 10.5. The van der Waals surface area contributed by atoms with Crippen molar-refractivity contribution in [1.29, 1.82) is 0 Å². The van der Waals surface area contributed by atoms with Crippen molar-refractivity contribution in [3.63, 3.8) is 0 Å². The molecule has 0 heterocycles. The minimum atomic E-state index is 0.0974. The van der Waals surface area contributed by atoms with Gasteiger partial charge in [0, 0.05) is 19.3 Å². The molecule has 3 nitrogen and oxygen atoms in total. The molecule has 0 saturated carbocycles. The van der Waals surface area contributed by atoms with Crippen molar-refractivity contribution in [2.45, 2.75) is 26.2 Å². The van der Waals surface area contributed by atoms with Crippen LogP contribution in [0.5, 0.6) is 0 Å². The van der Waals surface area contributed by atoms with Gasteiger partial charge < -0.3 is 9.84 Å². The van der Waals surface area contributed by atoms with Crippen LogP contribution in [0.4, 0.5) is 0 Å². The number of aliphatic hydroxyl groups excluding tert-OH is 1. The molecule has 0 rings (SSSR count). The Hall–Kier alpha value is -0.0600. The van der Waals surface area contributed by atoms with Crippen LogP contribution in [0.15, 0.2) is 0 Å². The van der Waals surface area contributed by atoms with Crippen molar-refractivity contribution < 1.29 is 14.6 Å². The highest BCUT2D eigenvalue weighted by Crippen LogP contribution is 2.06. The van der Waals surface area contributed by atoms with Gasteiger partial charge in [-0.2, -0.15) is 0 Å². The van der Waals surface area contributed by atoms with Crippen molar-refractivity contribution in [3.8, 4) is 0 Å². The van der Waals surface area contributed by atoms with E-state index in [-0.39, 0.29) is 11.7 Å². The predicted octanol–water partition coefficient (Wildman–Crippen LogP) is 1.45. The first-order chi connectivity index (χ1) is 6.27. The molecule has 0 saturated heterocycles. The van der Waals surface area contributed by atoms with E-state index in [0.29, 0.717) is 13.2 Å². The second-order valence-corrected chi connectivity index (χ2v) is 4.01. The lowest BCUT2D eigenvalue weighted by Crippen LogP contribution is -2.00. The number of thioether (sulfide) groups is 1. The summed E-state index contributed by atoms with van der Waals surface area (Å²) >= 11 is 1.38. The number of carbonyl (C=O) groups excluding carboxylic acids is 1. The minimum absolute atomic E-state index is 0.0974. The normalized spacial score (nSPS) is 10.3. The zero-order valence-electron chi connectivity index (χ0n) is 8.12. The van der Waals surface area contributed by atoms with Crippen LogP contribution in [0.2, 0.25) is 0 Å². The van der Waals surface area contributed by atoms with Crippen LogP contribution in [-0.4, -0.2) is 35.8 Å². The molecule has 4 heteroatoms. The molecule has 0 atom stereocenters. The summed E-state index contributed by atoms with van der Waals surface area (Å²) in [7, 11) is 0. The number of aliphatic hydroxyl groups is 1. The highest BCUT2D eigenvalue weighted by molar-refractivity contribution is 8.13. The maximum absolute atomic E-state index is 10.5. The highest BCUT2D eigenvalue weighted by Gasteiger charge is 1.94. The number of hydrogen-bond acceptors (Lipinski definition) is 4. The average Bonchev–Trinajstić information content (AvgIpc) is 2.09. The third-order valence-electron chi connectivity index (χ3n) is 1.47. The van der Waals surface area contributed by atoms with Gasteiger partial charge in [-0.3, -0.25) is 4.79 Å². The van der Waals surface area contributed by atoms with Crippen LogP contribution >= 0.6 is 11.8 Å². The molecule has 1 N–H and O–H groups in total. The molecule has 0 aliphatic rings. The zero-order valence-corrected chi connectivity index (χ0v) is 8.94. The zero-order chi connectivity index (χ0) is 9.94. The fourth-order valence-corrected chi connectivity index (χ4v) is 1.50. The van der Waals surface area contributed by atoms with Gasteiger partial charge in [0.05, 0.1) is 13.2 Å². The van der Waals surface area contributed by atoms with Gasteiger partial charge in [0.25, 0.3) is 0 Å². The van der Waals surface area contributed by atoms with E-state index in [0.717, 1.165) is 25.0 Å². The van der Waals surface area contributed by atoms with Crippen molar-refractivity contribution in [2.75, 3.05) is 25.6 Å². The Morgan fingerprint density at radius 2 is 2.08 bits per heavy atom. The SMILES string of the molecule is CC(=O)SCCCCCOCCO. The number of rotatable bonds is 8. The summed E-state index contributed by atoms with van der Waals surface area (Å²) < 4.78 is 5.09. The van der Waals surface area contributed by atoms with Crippen LogP contribution in [0.25, 0.3) is 0 Å². The fourth-order valence-electron chi connectivity index (χ4n) is 0.865. The van der Waals surface area contributed by atoms with Crippen molar-refractivity contribution in [1.82, 2.24) is 0 Å². The predicted molar refractivity (Wildman–Crippen MR) is 54.9 cm³/mol. The lowest BCUT2D eigenvalue weighted by atomic mass is 10.3. The number of unbranched alkanes of at least 4 members (excludes halogenated alkanes) is 2. The van der Waals surface area contributed by atoms with Gasteiger partial charge in [0.1, 0.15) is 0 Å². The quantitative estimate of drug-likeness (QED) is 0.610. The highest BCUT2D eigenvalue weighted by atomic mass is 32.2. The first-order valence-corrected chi connectivity index (χ1v) is 5.58. The largest absolute Gasteiger partial charge is 0.394 e. The second kappa shape index (κ2) is 10.0. The molecule has 0 aliphatic carbocycles. The van der Waals surface area contributed by atoms with Crippen LogP contribution in [0.1, 0.15) is 26.2 Å². The molecule has 0 amide bonds. The van der Waals surface area contributed by atoms with Crippen molar-refractivity contribution in [3.05, 3.63) is 0 Å². The summed E-state index contributed by atoms with van der Waals surface area (Å²) in [4.78, 5) is 10.5. The van der Waals surface area contributed by atoms with Crippen LogP contribution in [0, 0.1) is 0 Å². The van der Waals surface area contributed by atoms with E-state index < -0.39 is 0 Å². The van der Waals surface area contributed by atoms with E-state index in [9.17, 15) is 4.79 Å². The van der Waals surface area contributed by atoms with Crippen LogP contribution in [0.3, 0.4) is 0 Å². The Morgan fingerprint density at radius 3 is 2.69 bits per heavy atom. The van der Waals surface area contributed by atoms with Gasteiger partial charge in [0.2, 0.25) is 0 Å². The molecule has 0 aromatic carbocycles. The number of carbonyl (C=O) groups is 1. The maximum Gasteiger partial charge on any atom is 0.185 e. The third-order valence-corrected chi connectivity index (χ3v) is 2.37. The first-order valence-electron chi connectivity index (χ1n) is 4.59. The topological polar surface area (TPSA) is 46.5 Å². The summed E-state index contributed by atoms with van der Waals surface area (Å²) in [5, 5.41) is 8.59. The van der Waals surface area contributed by atoms with Crippen LogP contribution < -0.4 is 0 Å². The van der Waals surface area contributed by atoms with E-state index in [1.807, 2.05) is 0 Å². The molecule has 0 fully saturated rings. The Morgan fingerprint density at radius 1 is 1.31 bits per heavy atom. The average molecular weight is 206 g/mol. The Labute approximate surface area is 83.9 Å². The first kappa shape index (κ1) is 12.9. The summed E-state index contributed by atoms with van der Waals surface area (Å²) in [5.74, 6) is 0.912. The standard InChI is InChI=1S/C9H18O3S/c1-9(11)13-8-4-2-3-6-12-7-5-10/h10H,2-8H2,1H3. The molecule has 0 aromatic heterocycles. The smallest absolute Gasteiger partial charge is 0.185 e. The summed E-state index contributed by atoms with van der Waals surface area (Å²) in [5.41, 5.74) is 0. The molecule has 0 bridgehead atoms. The van der Waals surface area contributed by atoms with Gasteiger partial charge in [-0.25, -0.2) is 0 Å². The van der Waals surface area contributed by atoms with Gasteiger partial charge in [-0.1, -0.05) is 18.2 Å². The van der Waals surface area contributed by atoms with E-state index in [1.165, 1.54) is 11.8 Å². The van der Waals surface area contributed by atoms with E-state index in [2.05, 4.69) is 0 Å². The van der Waals surface area contributed by atoms with E-state index in [4.69, 9.17) is 9.84 Å². The lowest BCUT2D eigenvalue weighted by Gasteiger charge is -2.01. The molecular formula is C9H18O3S.